The molecule has 0 fully saturated rings. The first-order chi connectivity index (χ1) is 7.89. The van der Waals surface area contributed by atoms with Crippen LogP contribution in [0, 0.1) is 6.92 Å². The number of halogens is 4. The van der Waals surface area contributed by atoms with Crippen LogP contribution in [0.5, 0.6) is 0 Å². The van der Waals surface area contributed by atoms with Crippen LogP contribution in [0.4, 0.5) is 0 Å². The minimum absolute atomic E-state index is 0.341. The number of alkyl halides is 3. The molecule has 3 nitrogen and oxygen atoms in total. The molecule has 0 unspecified atom stereocenters. The topological polar surface area (TPSA) is 30.7 Å². The van der Waals surface area contributed by atoms with Crippen molar-refractivity contribution >= 4 is 46.4 Å². The lowest BCUT2D eigenvalue weighted by Crippen LogP contribution is -2.11. The van der Waals surface area contributed by atoms with E-state index in [2.05, 4.69) is 17.0 Å². The van der Waals surface area contributed by atoms with Crippen molar-refractivity contribution in [2.24, 2.45) is 0 Å². The maximum absolute atomic E-state index is 6.02. The van der Waals surface area contributed by atoms with Crippen LogP contribution in [-0.2, 0) is 3.79 Å². The highest BCUT2D eigenvalue weighted by atomic mass is 35.6. The first-order valence-electron chi connectivity index (χ1n) is 4.49. The minimum Gasteiger partial charge on any atom is -0.236 e. The number of aromatic nitrogens is 3. The lowest BCUT2D eigenvalue weighted by atomic mass is 10.4. The van der Waals surface area contributed by atoms with Crippen molar-refractivity contribution in [1.82, 2.24) is 14.8 Å². The summed E-state index contributed by atoms with van der Waals surface area (Å²) in [6.07, 6.45) is 1.58. The Labute approximate surface area is 118 Å². The summed E-state index contributed by atoms with van der Waals surface area (Å²) in [4.78, 5) is 4.10. The van der Waals surface area contributed by atoms with Crippen molar-refractivity contribution < 1.29 is 0 Å². The summed E-state index contributed by atoms with van der Waals surface area (Å²) in [5, 5.41) is 4.52. The van der Waals surface area contributed by atoms with E-state index in [0.717, 1.165) is 0 Å². The van der Waals surface area contributed by atoms with E-state index in [1.54, 1.807) is 24.4 Å². The Kier molecular flexibility index (Phi) is 3.55. The Morgan fingerprint density at radius 3 is 2.59 bits per heavy atom. The smallest absolute Gasteiger partial charge is 0.232 e. The number of hydrogen-bond acceptors (Lipinski definition) is 2. The van der Waals surface area contributed by atoms with Gasteiger partial charge < -0.3 is 0 Å². The van der Waals surface area contributed by atoms with Crippen LogP contribution in [0.1, 0.15) is 11.4 Å². The predicted octanol–water partition coefficient (Wildman–Crippen LogP) is 3.93. The van der Waals surface area contributed by atoms with E-state index in [4.69, 9.17) is 46.4 Å². The number of rotatable bonds is 1. The molecule has 2 heterocycles. The zero-order valence-corrected chi connectivity index (χ0v) is 11.4. The molecule has 2 aromatic rings. The largest absolute Gasteiger partial charge is 0.236 e. The van der Waals surface area contributed by atoms with E-state index >= 15 is 0 Å². The molecule has 0 N–H and O–H groups in total. The van der Waals surface area contributed by atoms with Gasteiger partial charge in [0.05, 0.1) is 16.4 Å². The van der Waals surface area contributed by atoms with Crippen LogP contribution < -0.4 is 0 Å². The molecule has 0 aliphatic carbocycles. The molecule has 1 radical (unpaired) electrons. The molecule has 0 amide bonds. The Morgan fingerprint density at radius 2 is 2.00 bits per heavy atom. The minimum atomic E-state index is -1.62. The monoisotopic (exact) mass is 308 g/mol. The number of pyridine rings is 1. The summed E-state index contributed by atoms with van der Waals surface area (Å²) in [7, 11) is 0. The fraction of sp³-hybridized carbons (Fsp3) is 0.100. The van der Waals surface area contributed by atoms with Gasteiger partial charge in [-0.1, -0.05) is 46.4 Å². The highest BCUT2D eigenvalue weighted by Gasteiger charge is 2.29. The highest BCUT2D eigenvalue weighted by Crippen LogP contribution is 2.39. The van der Waals surface area contributed by atoms with E-state index in [-0.39, 0.29) is 0 Å². The second-order valence-corrected chi connectivity index (χ2v) is 5.93. The molecule has 0 aromatic carbocycles. The molecule has 89 valence electrons. The summed E-state index contributed by atoms with van der Waals surface area (Å²) in [6.45, 7) is 3.69. The molecule has 0 aliphatic heterocycles. The SMILES string of the molecule is [CH2]c1cc(C(Cl)(Cl)Cl)n(-c2ncccc2Cl)n1. The van der Waals surface area contributed by atoms with Gasteiger partial charge in [0.2, 0.25) is 3.79 Å². The summed E-state index contributed by atoms with van der Waals surface area (Å²) in [5.41, 5.74) is 0.807. The van der Waals surface area contributed by atoms with Gasteiger partial charge in [-0.25, -0.2) is 9.67 Å². The molecule has 7 heteroatoms. The Balaban J connectivity index is 2.64. The van der Waals surface area contributed by atoms with Crippen molar-refractivity contribution in [3.05, 3.63) is 47.7 Å². The van der Waals surface area contributed by atoms with Crippen molar-refractivity contribution in [2.75, 3.05) is 0 Å². The molecule has 0 aliphatic rings. The van der Waals surface area contributed by atoms with Gasteiger partial charge >= 0.3 is 0 Å². The van der Waals surface area contributed by atoms with Crippen molar-refractivity contribution in [3.8, 4) is 5.82 Å². The summed E-state index contributed by atoms with van der Waals surface area (Å²) >= 11 is 23.6. The van der Waals surface area contributed by atoms with Gasteiger partial charge in [-0.3, -0.25) is 0 Å². The third kappa shape index (κ3) is 2.68. The van der Waals surface area contributed by atoms with Gasteiger partial charge in [0.25, 0.3) is 0 Å². The first-order valence-corrected chi connectivity index (χ1v) is 6.01. The molecule has 2 aromatic heterocycles. The second kappa shape index (κ2) is 4.65. The maximum Gasteiger partial charge on any atom is 0.232 e. The summed E-state index contributed by atoms with van der Waals surface area (Å²) in [5.74, 6) is 0.394. The Hall–Kier alpha value is -0.480. The van der Waals surface area contributed by atoms with Gasteiger partial charge in [0.1, 0.15) is 0 Å². The quantitative estimate of drug-likeness (QED) is 0.747. The molecular formula is C10H6Cl4N3. The number of hydrogen-bond donors (Lipinski definition) is 0. The lowest BCUT2D eigenvalue weighted by molar-refractivity contribution is 0.791. The van der Waals surface area contributed by atoms with Crippen LogP contribution in [0.3, 0.4) is 0 Å². The zero-order chi connectivity index (χ0) is 12.6. The molecule has 0 atom stereocenters. The molecule has 0 saturated heterocycles. The van der Waals surface area contributed by atoms with Crippen molar-refractivity contribution in [3.63, 3.8) is 0 Å². The van der Waals surface area contributed by atoms with E-state index in [1.165, 1.54) is 4.68 Å². The Bertz CT molecular complexity index is 545. The average Bonchev–Trinajstić information content (AvgIpc) is 2.60. The van der Waals surface area contributed by atoms with Gasteiger partial charge in [-0.15, -0.1) is 0 Å². The molecule has 0 saturated carbocycles. The maximum atomic E-state index is 6.02. The van der Waals surface area contributed by atoms with Gasteiger partial charge in [0, 0.05) is 6.20 Å². The molecular weight excluding hydrogens is 304 g/mol. The zero-order valence-electron chi connectivity index (χ0n) is 8.37. The van der Waals surface area contributed by atoms with Gasteiger partial charge in [-0.2, -0.15) is 5.10 Å². The van der Waals surface area contributed by atoms with Crippen LogP contribution in [0.2, 0.25) is 5.02 Å². The van der Waals surface area contributed by atoms with Crippen LogP contribution in [0.15, 0.2) is 24.4 Å². The average molecular weight is 310 g/mol. The highest BCUT2D eigenvalue weighted by molar-refractivity contribution is 6.66. The standard InChI is InChI=1S/C10H6Cl4N3/c1-6-5-8(10(12,13)14)17(16-6)9-7(11)3-2-4-15-9/h2-5H,1H2. The van der Waals surface area contributed by atoms with E-state index < -0.39 is 3.79 Å². The Morgan fingerprint density at radius 1 is 1.29 bits per heavy atom. The molecule has 2 rings (SSSR count). The third-order valence-corrected chi connectivity index (χ3v) is 2.87. The van der Waals surface area contributed by atoms with E-state index in [9.17, 15) is 0 Å². The fourth-order valence-corrected chi connectivity index (χ4v) is 1.93. The normalized spacial score (nSPS) is 11.8. The second-order valence-electron chi connectivity index (χ2n) is 3.24. The van der Waals surface area contributed by atoms with Gasteiger partial charge in [-0.05, 0) is 25.1 Å². The van der Waals surface area contributed by atoms with Crippen LogP contribution in [0.25, 0.3) is 5.82 Å². The fourth-order valence-electron chi connectivity index (χ4n) is 1.33. The molecule has 0 spiro atoms. The van der Waals surface area contributed by atoms with Crippen LogP contribution in [-0.4, -0.2) is 14.8 Å². The number of nitrogens with zero attached hydrogens (tertiary/aromatic N) is 3. The van der Waals surface area contributed by atoms with E-state index in [0.29, 0.717) is 22.2 Å². The third-order valence-electron chi connectivity index (χ3n) is 1.99. The predicted molar refractivity (Wildman–Crippen MR) is 70.1 cm³/mol. The van der Waals surface area contributed by atoms with Crippen molar-refractivity contribution in [2.45, 2.75) is 3.79 Å². The lowest BCUT2D eigenvalue weighted by Gasteiger charge is -2.13. The molecule has 17 heavy (non-hydrogen) atoms. The van der Waals surface area contributed by atoms with Crippen LogP contribution >= 0.6 is 46.4 Å². The summed E-state index contributed by atoms with van der Waals surface area (Å²) < 4.78 is -0.249. The van der Waals surface area contributed by atoms with Gasteiger partial charge in [0.15, 0.2) is 5.82 Å². The summed E-state index contributed by atoms with van der Waals surface area (Å²) in [6, 6.07) is 4.95. The van der Waals surface area contributed by atoms with E-state index in [1.807, 2.05) is 0 Å². The molecule has 0 bridgehead atoms. The van der Waals surface area contributed by atoms with Crippen molar-refractivity contribution in [1.29, 1.82) is 0 Å². The first kappa shape index (κ1) is 13.0.